The summed E-state index contributed by atoms with van der Waals surface area (Å²) in [5, 5.41) is 0. The first-order valence-electron chi connectivity index (χ1n) is 17.9. The highest BCUT2D eigenvalue weighted by molar-refractivity contribution is 9.35. The molecule has 0 fully saturated rings. The Morgan fingerprint density at radius 3 is 0.621 bits per heavy atom. The molecular weight excluding hydrogens is 917 g/mol. The fourth-order valence-electron chi connectivity index (χ4n) is 5.12. The van der Waals surface area contributed by atoms with Crippen LogP contribution in [0.4, 0.5) is 0 Å². The lowest BCUT2D eigenvalue weighted by Crippen LogP contribution is -2.02. The Morgan fingerprint density at radius 2 is 0.466 bits per heavy atom. The monoisotopic (exact) mass is 958 g/mol. The van der Waals surface area contributed by atoms with Crippen molar-refractivity contribution in [1.29, 1.82) is 0 Å². The number of para-hydroxylation sites is 6. The van der Waals surface area contributed by atoms with Crippen molar-refractivity contribution in [2.24, 2.45) is 0 Å². The van der Waals surface area contributed by atoms with Gasteiger partial charge in [0.2, 0.25) is 0 Å². The molecule has 6 aromatic rings. The predicted molar refractivity (Wildman–Crippen MR) is 263 cm³/mol. The molecule has 0 unspecified atom stereocenters. The van der Waals surface area contributed by atoms with Gasteiger partial charge in [0.25, 0.3) is 0 Å². The number of benzene rings is 6. The van der Waals surface area contributed by atoms with Gasteiger partial charge in [0, 0.05) is 68.4 Å². The van der Waals surface area contributed by atoms with Gasteiger partial charge in [-0.1, -0.05) is 109 Å². The average Bonchev–Trinajstić information content (AvgIpc) is 3.17. The van der Waals surface area contributed by atoms with E-state index < -0.39 is 22.6 Å². The molecule has 0 spiro atoms. The fourth-order valence-corrected chi connectivity index (χ4v) is 57.0. The second-order valence-corrected chi connectivity index (χ2v) is 39.6. The minimum Gasteiger partial charge on any atom is -0.428 e. The third-order valence-corrected chi connectivity index (χ3v) is 42.7. The molecule has 302 valence electrons. The fraction of sp³-hybridized carbons (Fsp3) is 0.143. The zero-order valence-electron chi connectivity index (χ0n) is 32.5. The summed E-state index contributed by atoms with van der Waals surface area (Å²) in [4.78, 5) is 0. The van der Waals surface area contributed by atoms with Crippen molar-refractivity contribution in [3.05, 3.63) is 179 Å². The SMILES string of the molecule is Cc1ccccc1OP(=S)(Oc1ccccc1C)SP(SP(=S)(Oc1ccccc1C)Oc1ccccc1C)SP(=S)(Oc1ccccc1C)Oc1ccccc1C. The largest absolute Gasteiger partial charge is 0.428 e. The second-order valence-electron chi connectivity index (χ2n) is 13.0. The van der Waals surface area contributed by atoms with Gasteiger partial charge >= 0.3 is 17.1 Å². The lowest BCUT2D eigenvalue weighted by atomic mass is 10.2. The molecule has 0 bridgehead atoms. The topological polar surface area (TPSA) is 55.4 Å². The molecule has 0 aromatic heterocycles. The molecule has 0 amide bonds. The van der Waals surface area contributed by atoms with Gasteiger partial charge in [-0.3, -0.25) is 0 Å². The van der Waals surface area contributed by atoms with Crippen molar-refractivity contribution in [3.63, 3.8) is 0 Å². The maximum atomic E-state index is 6.85. The van der Waals surface area contributed by atoms with Gasteiger partial charge in [-0.25, -0.2) is 0 Å². The van der Waals surface area contributed by atoms with Crippen LogP contribution in [0.5, 0.6) is 34.5 Å². The molecule has 0 saturated carbocycles. The van der Waals surface area contributed by atoms with Crippen LogP contribution >= 0.6 is 55.6 Å². The van der Waals surface area contributed by atoms with E-state index >= 15 is 0 Å². The van der Waals surface area contributed by atoms with Gasteiger partial charge in [0.1, 0.15) is 40.0 Å². The van der Waals surface area contributed by atoms with E-state index in [2.05, 4.69) is 0 Å². The van der Waals surface area contributed by atoms with Crippen LogP contribution in [-0.2, 0) is 35.4 Å². The molecule has 6 aromatic carbocycles. The molecule has 6 rings (SSSR count). The molecular formula is C42H42O6P4S6. The Morgan fingerprint density at radius 1 is 0.310 bits per heavy atom. The maximum absolute atomic E-state index is 6.85. The maximum Gasteiger partial charge on any atom is 0.354 e. The lowest BCUT2D eigenvalue weighted by Gasteiger charge is -2.32. The first-order valence-corrected chi connectivity index (χ1v) is 33.3. The Kier molecular flexibility index (Phi) is 15.9. The lowest BCUT2D eigenvalue weighted by molar-refractivity contribution is 0.502. The molecule has 0 saturated heterocycles. The second kappa shape index (κ2) is 20.4. The van der Waals surface area contributed by atoms with Crippen LogP contribution in [0, 0.1) is 41.5 Å². The number of rotatable bonds is 18. The normalized spacial score (nSPS) is 11.8. The van der Waals surface area contributed by atoms with Crippen molar-refractivity contribution in [2.45, 2.75) is 41.5 Å². The summed E-state index contributed by atoms with van der Waals surface area (Å²) in [5.74, 6) is 3.72. The summed E-state index contributed by atoms with van der Waals surface area (Å²) in [6.45, 7) is 11.9. The van der Waals surface area contributed by atoms with Gasteiger partial charge in [-0.15, -0.1) is 0 Å². The van der Waals surface area contributed by atoms with Crippen molar-refractivity contribution in [1.82, 2.24) is 0 Å². The summed E-state index contributed by atoms with van der Waals surface area (Å²) < 4.78 is 41.1. The number of aryl methyl sites for hydroxylation is 6. The van der Waals surface area contributed by atoms with Crippen LogP contribution < -0.4 is 27.1 Å². The van der Waals surface area contributed by atoms with Crippen LogP contribution in [0.2, 0.25) is 0 Å². The molecule has 0 aliphatic rings. The van der Waals surface area contributed by atoms with Crippen molar-refractivity contribution >= 4 is 91.0 Å². The van der Waals surface area contributed by atoms with E-state index in [-0.39, 0.29) is 0 Å². The predicted octanol–water partition coefficient (Wildman–Crippen LogP) is 16.4. The zero-order chi connectivity index (χ0) is 41.3. The summed E-state index contributed by atoms with van der Waals surface area (Å²) in [6.07, 6.45) is 0. The van der Waals surface area contributed by atoms with E-state index in [0.29, 0.717) is 34.5 Å². The molecule has 6 nitrogen and oxygen atoms in total. The van der Waals surface area contributed by atoms with Gasteiger partial charge < -0.3 is 27.1 Å². The first kappa shape index (κ1) is 45.1. The Balaban J connectivity index is 1.50. The van der Waals surface area contributed by atoms with Gasteiger partial charge in [0.05, 0.1) is 0 Å². The summed E-state index contributed by atoms with van der Waals surface area (Å²) >= 11 is 23.8. The van der Waals surface area contributed by atoms with Crippen LogP contribution in [0.15, 0.2) is 146 Å². The van der Waals surface area contributed by atoms with E-state index in [1.54, 1.807) is 0 Å². The Labute approximate surface area is 370 Å². The number of hydrogen-bond acceptors (Lipinski definition) is 12. The van der Waals surface area contributed by atoms with Gasteiger partial charge in [0.15, 0.2) is 0 Å². The molecule has 0 atom stereocenters. The van der Waals surface area contributed by atoms with E-state index in [0.717, 1.165) is 33.4 Å². The molecule has 0 N–H and O–H groups in total. The van der Waals surface area contributed by atoms with Crippen LogP contribution in [-0.4, -0.2) is 0 Å². The Hall–Kier alpha value is -2.45. The highest BCUT2D eigenvalue weighted by atomic mass is 33.6. The van der Waals surface area contributed by atoms with Crippen LogP contribution in [0.1, 0.15) is 33.4 Å². The highest BCUT2D eigenvalue weighted by Gasteiger charge is 2.42. The molecule has 0 heterocycles. The van der Waals surface area contributed by atoms with E-state index in [1.165, 1.54) is 33.0 Å². The quantitative estimate of drug-likeness (QED) is 0.0771. The molecule has 16 heteroatoms. The summed E-state index contributed by atoms with van der Waals surface area (Å²) in [6, 6.07) is 46.6. The summed E-state index contributed by atoms with van der Waals surface area (Å²) in [5.41, 5.74) is -6.18. The smallest absolute Gasteiger partial charge is 0.354 e. The van der Waals surface area contributed by atoms with E-state index in [4.69, 9.17) is 62.6 Å². The third kappa shape index (κ3) is 12.6. The minimum atomic E-state index is -3.36. The van der Waals surface area contributed by atoms with Gasteiger partial charge in [-0.2, -0.15) is 0 Å². The molecule has 0 radical (unpaired) electrons. The van der Waals surface area contributed by atoms with Crippen LogP contribution in [0.25, 0.3) is 0 Å². The Bertz CT molecular complexity index is 2100. The summed E-state index contributed by atoms with van der Waals surface area (Å²) in [7, 11) is 0. The van der Waals surface area contributed by atoms with E-state index in [9.17, 15) is 0 Å². The highest BCUT2D eigenvalue weighted by Crippen LogP contribution is 2.95. The van der Waals surface area contributed by atoms with Crippen LogP contribution in [0.3, 0.4) is 0 Å². The van der Waals surface area contributed by atoms with Crippen molar-refractivity contribution in [2.75, 3.05) is 0 Å². The van der Waals surface area contributed by atoms with Crippen molar-refractivity contribution in [3.8, 4) is 34.5 Å². The molecule has 0 aliphatic carbocycles. The molecule has 58 heavy (non-hydrogen) atoms. The number of hydrogen-bond donors (Lipinski definition) is 0. The van der Waals surface area contributed by atoms with E-state index in [1.807, 2.05) is 187 Å². The molecule has 0 aliphatic heterocycles. The first-order chi connectivity index (χ1) is 27.7. The average molecular weight is 959 g/mol. The minimum absolute atomic E-state index is 0.621. The van der Waals surface area contributed by atoms with Crippen molar-refractivity contribution < 1.29 is 27.1 Å². The standard InChI is InChI=1S/C42H42O6P4S6/c1-31-19-7-13-25-37(31)43-50(53,44-38-26-14-8-20-32(38)2)56-49(57-51(54,45-39-27-15-9-21-33(39)3)46-40-28-16-10-22-34(40)4)58-52(55,47-41-29-17-11-23-35(41)5)48-42-30-18-12-24-36(42)6/h7-30H,1-6H3. The van der Waals surface area contributed by atoms with Gasteiger partial charge in [-0.05, 0) is 111 Å². The third-order valence-electron chi connectivity index (χ3n) is 8.32. The zero-order valence-corrected chi connectivity index (χ0v) is 41.0.